The molecule has 0 saturated carbocycles. The maximum Gasteiger partial charge on any atom is 0.227 e. The van der Waals surface area contributed by atoms with Crippen molar-refractivity contribution in [3.05, 3.63) is 0 Å². The van der Waals surface area contributed by atoms with Crippen LogP contribution in [0.3, 0.4) is 0 Å². The Hall–Kier alpha value is -0.690. The van der Waals surface area contributed by atoms with Gasteiger partial charge in [-0.05, 0) is 27.6 Å². The van der Waals surface area contributed by atoms with Gasteiger partial charge in [-0.15, -0.1) is 0 Å². The molecule has 6 nitrogen and oxygen atoms in total. The fourth-order valence-corrected chi connectivity index (χ4v) is 2.42. The maximum absolute atomic E-state index is 12.1. The Kier molecular flexibility index (Phi) is 6.19. The quantitative estimate of drug-likeness (QED) is 0.557. The fourth-order valence-electron chi connectivity index (χ4n) is 2.42. The van der Waals surface area contributed by atoms with E-state index in [0.29, 0.717) is 19.8 Å². The zero-order valence-electron chi connectivity index (χ0n) is 12.4. The highest BCUT2D eigenvalue weighted by atomic mass is 16.5. The lowest BCUT2D eigenvalue weighted by Crippen LogP contribution is -2.50. The zero-order valence-corrected chi connectivity index (χ0v) is 12.4. The van der Waals surface area contributed by atoms with E-state index in [4.69, 9.17) is 4.74 Å². The van der Waals surface area contributed by atoms with Crippen LogP contribution < -0.4 is 10.6 Å². The summed E-state index contributed by atoms with van der Waals surface area (Å²) in [5.41, 5.74) is -0.924. The molecule has 0 aromatic rings. The number of nitrogens with zero attached hydrogens (tertiary/aromatic N) is 1. The second-order valence-electron chi connectivity index (χ2n) is 5.76. The van der Waals surface area contributed by atoms with Gasteiger partial charge in [-0.25, -0.2) is 0 Å². The molecule has 0 aromatic carbocycles. The molecule has 3 unspecified atom stereocenters. The van der Waals surface area contributed by atoms with Crippen molar-refractivity contribution in [2.45, 2.75) is 25.5 Å². The average Bonchev–Trinajstić information content (AvgIpc) is 2.73. The minimum atomic E-state index is -0.924. The van der Waals surface area contributed by atoms with Gasteiger partial charge in [0.25, 0.3) is 0 Å². The summed E-state index contributed by atoms with van der Waals surface area (Å²) in [5.74, 6) is -0.224. The van der Waals surface area contributed by atoms with Crippen LogP contribution in [-0.2, 0) is 9.53 Å². The van der Waals surface area contributed by atoms with E-state index in [0.717, 1.165) is 6.54 Å². The molecule has 19 heavy (non-hydrogen) atoms. The van der Waals surface area contributed by atoms with E-state index >= 15 is 0 Å². The number of carbonyl (C=O) groups is 1. The molecule has 0 aromatic heterocycles. The Morgan fingerprint density at radius 3 is 2.74 bits per heavy atom. The summed E-state index contributed by atoms with van der Waals surface area (Å²) >= 11 is 0. The second kappa shape index (κ2) is 7.19. The van der Waals surface area contributed by atoms with Crippen LogP contribution in [0.25, 0.3) is 0 Å². The van der Waals surface area contributed by atoms with Gasteiger partial charge < -0.3 is 25.4 Å². The van der Waals surface area contributed by atoms with Crippen molar-refractivity contribution in [1.29, 1.82) is 0 Å². The van der Waals surface area contributed by atoms with Gasteiger partial charge in [-0.3, -0.25) is 4.79 Å². The highest BCUT2D eigenvalue weighted by Gasteiger charge is 2.34. The monoisotopic (exact) mass is 273 g/mol. The van der Waals surface area contributed by atoms with Crippen LogP contribution in [0.15, 0.2) is 0 Å². The lowest BCUT2D eigenvalue weighted by molar-refractivity contribution is -0.126. The standard InChI is InChI=1S/C13H27N3O3/c1-5-14-11-7-19-6-10(11)12(17)15-8-13(2,18)9-16(3)4/h10-11,14,18H,5-9H2,1-4H3,(H,15,17). The van der Waals surface area contributed by atoms with Crippen molar-refractivity contribution in [2.24, 2.45) is 5.92 Å². The van der Waals surface area contributed by atoms with Crippen LogP contribution in [0.4, 0.5) is 0 Å². The van der Waals surface area contributed by atoms with Gasteiger partial charge in [-0.2, -0.15) is 0 Å². The number of carbonyl (C=O) groups excluding carboxylic acids is 1. The first kappa shape index (κ1) is 16.4. The number of hydrogen-bond donors (Lipinski definition) is 3. The minimum absolute atomic E-state index is 0.0533. The third kappa shape index (κ3) is 5.44. The van der Waals surface area contributed by atoms with E-state index in [1.165, 1.54) is 0 Å². The SMILES string of the molecule is CCNC1COCC1C(=O)NCC(C)(O)CN(C)C. The van der Waals surface area contributed by atoms with Gasteiger partial charge in [0.1, 0.15) is 0 Å². The van der Waals surface area contributed by atoms with Gasteiger partial charge in [0.2, 0.25) is 5.91 Å². The number of likely N-dealkylation sites (N-methyl/N-ethyl adjacent to an activating group) is 2. The molecule has 0 bridgehead atoms. The molecule has 1 fully saturated rings. The number of ether oxygens (including phenoxy) is 1. The molecule has 6 heteroatoms. The van der Waals surface area contributed by atoms with E-state index in [9.17, 15) is 9.90 Å². The van der Waals surface area contributed by atoms with E-state index in [2.05, 4.69) is 10.6 Å². The topological polar surface area (TPSA) is 73.8 Å². The Morgan fingerprint density at radius 2 is 2.16 bits per heavy atom. The second-order valence-corrected chi connectivity index (χ2v) is 5.76. The van der Waals surface area contributed by atoms with Crippen molar-refractivity contribution < 1.29 is 14.6 Å². The zero-order chi connectivity index (χ0) is 14.5. The van der Waals surface area contributed by atoms with E-state index in [1.807, 2.05) is 25.9 Å². The Labute approximate surface area is 115 Å². The smallest absolute Gasteiger partial charge is 0.227 e. The van der Waals surface area contributed by atoms with Crippen LogP contribution in [0.2, 0.25) is 0 Å². The summed E-state index contributed by atoms with van der Waals surface area (Å²) in [6.45, 7) is 6.31. The van der Waals surface area contributed by atoms with E-state index < -0.39 is 5.60 Å². The van der Waals surface area contributed by atoms with Gasteiger partial charge >= 0.3 is 0 Å². The van der Waals surface area contributed by atoms with Crippen LogP contribution >= 0.6 is 0 Å². The Morgan fingerprint density at radius 1 is 1.47 bits per heavy atom. The average molecular weight is 273 g/mol. The molecule has 1 heterocycles. The number of aliphatic hydroxyl groups is 1. The first-order valence-electron chi connectivity index (χ1n) is 6.81. The van der Waals surface area contributed by atoms with Gasteiger partial charge in [0, 0.05) is 19.1 Å². The van der Waals surface area contributed by atoms with Crippen molar-refractivity contribution in [2.75, 3.05) is 46.9 Å². The molecule has 1 rings (SSSR count). The summed E-state index contributed by atoms with van der Waals surface area (Å²) in [6, 6.07) is 0.0730. The van der Waals surface area contributed by atoms with Gasteiger partial charge in [0.15, 0.2) is 0 Å². The molecule has 0 aliphatic carbocycles. The Balaban J connectivity index is 2.42. The molecule has 1 amide bonds. The molecule has 3 atom stereocenters. The molecular weight excluding hydrogens is 246 g/mol. The predicted molar refractivity (Wildman–Crippen MR) is 74.0 cm³/mol. The van der Waals surface area contributed by atoms with Crippen LogP contribution in [0, 0.1) is 5.92 Å². The van der Waals surface area contributed by atoms with Crippen molar-refractivity contribution in [3.63, 3.8) is 0 Å². The number of hydrogen-bond acceptors (Lipinski definition) is 5. The van der Waals surface area contributed by atoms with Gasteiger partial charge in [-0.1, -0.05) is 6.92 Å². The third-order valence-corrected chi connectivity index (χ3v) is 3.18. The van der Waals surface area contributed by atoms with Crippen LogP contribution in [-0.4, -0.2) is 74.5 Å². The van der Waals surface area contributed by atoms with E-state index in [1.54, 1.807) is 6.92 Å². The Bertz CT molecular complexity index is 295. The summed E-state index contributed by atoms with van der Waals surface area (Å²) in [5, 5.41) is 16.2. The highest BCUT2D eigenvalue weighted by molar-refractivity contribution is 5.80. The molecular formula is C13H27N3O3. The van der Waals surface area contributed by atoms with Crippen molar-refractivity contribution >= 4 is 5.91 Å². The van der Waals surface area contributed by atoms with Crippen molar-refractivity contribution in [3.8, 4) is 0 Å². The molecule has 0 spiro atoms. The first-order valence-corrected chi connectivity index (χ1v) is 6.81. The molecule has 1 aliphatic rings. The molecule has 3 N–H and O–H groups in total. The molecule has 1 aliphatic heterocycles. The summed E-state index contributed by atoms with van der Waals surface area (Å²) in [7, 11) is 3.78. The van der Waals surface area contributed by atoms with Crippen LogP contribution in [0.1, 0.15) is 13.8 Å². The number of nitrogens with one attached hydrogen (secondary N) is 2. The fraction of sp³-hybridized carbons (Fsp3) is 0.923. The third-order valence-electron chi connectivity index (χ3n) is 3.18. The maximum atomic E-state index is 12.1. The summed E-state index contributed by atoms with van der Waals surface area (Å²) < 4.78 is 5.35. The lowest BCUT2D eigenvalue weighted by Gasteiger charge is -2.28. The van der Waals surface area contributed by atoms with Crippen LogP contribution in [0.5, 0.6) is 0 Å². The largest absolute Gasteiger partial charge is 0.387 e. The minimum Gasteiger partial charge on any atom is -0.387 e. The molecule has 0 radical (unpaired) electrons. The lowest BCUT2D eigenvalue weighted by atomic mass is 10.0. The normalized spacial score (nSPS) is 26.4. The first-order chi connectivity index (χ1) is 8.85. The predicted octanol–water partition coefficient (Wildman–Crippen LogP) is -0.960. The molecule has 112 valence electrons. The molecule has 1 saturated heterocycles. The summed E-state index contributed by atoms with van der Waals surface area (Å²) in [6.07, 6.45) is 0. The highest BCUT2D eigenvalue weighted by Crippen LogP contribution is 2.14. The summed E-state index contributed by atoms with van der Waals surface area (Å²) in [4.78, 5) is 14.0. The van der Waals surface area contributed by atoms with E-state index in [-0.39, 0.29) is 24.4 Å². The van der Waals surface area contributed by atoms with Crippen molar-refractivity contribution in [1.82, 2.24) is 15.5 Å². The van der Waals surface area contributed by atoms with Gasteiger partial charge in [0.05, 0.1) is 24.7 Å². The number of amides is 1. The number of rotatable bonds is 7.